The smallest absolute Gasteiger partial charge is 0.261 e. The predicted molar refractivity (Wildman–Crippen MR) is 101 cm³/mol. The first-order chi connectivity index (χ1) is 12.0. The number of rotatable bonds is 4. The maximum atomic E-state index is 12.4. The maximum absolute atomic E-state index is 12.4. The van der Waals surface area contributed by atoms with Crippen LogP contribution >= 0.6 is 22.7 Å². The van der Waals surface area contributed by atoms with E-state index in [0.717, 1.165) is 11.3 Å². The van der Waals surface area contributed by atoms with Crippen LogP contribution in [0.3, 0.4) is 0 Å². The molecule has 3 heterocycles. The minimum absolute atomic E-state index is 0.0436. The van der Waals surface area contributed by atoms with Gasteiger partial charge in [0.2, 0.25) is 0 Å². The van der Waals surface area contributed by atoms with E-state index in [2.05, 4.69) is 10.7 Å². The second kappa shape index (κ2) is 6.40. The average Bonchev–Trinajstić information content (AvgIpc) is 3.24. The van der Waals surface area contributed by atoms with E-state index in [4.69, 9.17) is 0 Å². The van der Waals surface area contributed by atoms with E-state index >= 15 is 0 Å². The van der Waals surface area contributed by atoms with Gasteiger partial charge in [0.1, 0.15) is 0 Å². The van der Waals surface area contributed by atoms with Crippen molar-refractivity contribution in [3.05, 3.63) is 63.2 Å². The van der Waals surface area contributed by atoms with Gasteiger partial charge in [-0.1, -0.05) is 18.2 Å². The molecule has 1 N–H and O–H groups in total. The summed E-state index contributed by atoms with van der Waals surface area (Å²) in [5.41, 5.74) is 2.62. The van der Waals surface area contributed by atoms with Crippen molar-refractivity contribution in [1.82, 2.24) is 5.32 Å². The first-order valence-corrected chi connectivity index (χ1v) is 11.2. The van der Waals surface area contributed by atoms with E-state index in [1.54, 1.807) is 35.6 Å². The maximum Gasteiger partial charge on any atom is 0.261 e. The molecule has 25 heavy (non-hydrogen) atoms. The van der Waals surface area contributed by atoms with Gasteiger partial charge in [0.15, 0.2) is 9.84 Å². The monoisotopic (exact) mass is 389 g/mol. The predicted octanol–water partition coefficient (Wildman–Crippen LogP) is 3.74. The van der Waals surface area contributed by atoms with Crippen molar-refractivity contribution in [2.45, 2.75) is 17.1 Å². The van der Waals surface area contributed by atoms with E-state index in [0.29, 0.717) is 27.4 Å². The number of thiophene rings is 2. The number of amides is 1. The largest absolute Gasteiger partial charge is 0.351 e. The number of benzene rings is 1. The lowest BCUT2D eigenvalue weighted by atomic mass is 10.1. The van der Waals surface area contributed by atoms with Gasteiger partial charge in [0, 0.05) is 17.0 Å². The summed E-state index contributed by atoms with van der Waals surface area (Å²) in [7, 11) is -3.34. The zero-order valence-electron chi connectivity index (χ0n) is 13.2. The number of nitrogens with one attached hydrogen (secondary N) is 1. The lowest BCUT2D eigenvalue weighted by Crippen LogP contribution is -2.24. The summed E-state index contributed by atoms with van der Waals surface area (Å²) < 4.78 is 24.8. The van der Waals surface area contributed by atoms with Gasteiger partial charge in [-0.25, -0.2) is 8.42 Å². The summed E-state index contributed by atoms with van der Waals surface area (Å²) in [4.78, 5) is 14.2. The van der Waals surface area contributed by atoms with Crippen molar-refractivity contribution >= 4 is 38.4 Å². The van der Waals surface area contributed by atoms with Crippen LogP contribution in [0.15, 0.2) is 52.1 Å². The molecule has 0 unspecified atom stereocenters. The molecule has 2 aromatic heterocycles. The molecule has 4 rings (SSSR count). The average molecular weight is 390 g/mol. The van der Waals surface area contributed by atoms with E-state index in [1.165, 1.54) is 16.9 Å². The Balaban J connectivity index is 1.57. The zero-order valence-corrected chi connectivity index (χ0v) is 15.6. The molecule has 1 aliphatic rings. The molecule has 0 radical (unpaired) electrons. The highest BCUT2D eigenvalue weighted by atomic mass is 32.2. The van der Waals surface area contributed by atoms with Gasteiger partial charge < -0.3 is 5.32 Å². The molecule has 3 aromatic rings. The topological polar surface area (TPSA) is 63.2 Å². The van der Waals surface area contributed by atoms with Crippen LogP contribution in [0, 0.1) is 0 Å². The first kappa shape index (κ1) is 16.5. The Morgan fingerprint density at radius 3 is 2.84 bits per heavy atom. The third kappa shape index (κ3) is 3.15. The molecular formula is C18H15NO3S3. The van der Waals surface area contributed by atoms with Gasteiger partial charge in [0.05, 0.1) is 15.5 Å². The second-order valence-electron chi connectivity index (χ2n) is 5.86. The molecule has 4 nitrogen and oxygen atoms in total. The van der Waals surface area contributed by atoms with Crippen molar-refractivity contribution in [1.29, 1.82) is 0 Å². The van der Waals surface area contributed by atoms with Gasteiger partial charge in [-0.2, -0.15) is 11.3 Å². The number of fused-ring (bicyclic) bond motifs is 3. The van der Waals surface area contributed by atoms with Crippen LogP contribution in [0.4, 0.5) is 0 Å². The van der Waals surface area contributed by atoms with Crippen LogP contribution in [0.5, 0.6) is 0 Å². The van der Waals surface area contributed by atoms with Crippen LogP contribution in [0.1, 0.15) is 20.8 Å². The quantitative estimate of drug-likeness (QED) is 0.739. The Morgan fingerprint density at radius 1 is 1.20 bits per heavy atom. The Hall–Kier alpha value is -1.96. The van der Waals surface area contributed by atoms with Crippen molar-refractivity contribution in [2.75, 3.05) is 6.54 Å². The number of carbonyl (C=O) groups is 1. The van der Waals surface area contributed by atoms with E-state index in [9.17, 15) is 13.2 Å². The summed E-state index contributed by atoms with van der Waals surface area (Å²) in [6.45, 7) is 0.563. The summed E-state index contributed by atoms with van der Waals surface area (Å²) in [5, 5.41) is 7.00. The SMILES string of the molecule is O=C(NCCc1ccsc1)c1cc2c(s1)-c1ccccc1S(=O)(=O)C2. The Kier molecular flexibility index (Phi) is 4.23. The highest BCUT2D eigenvalue weighted by Crippen LogP contribution is 2.42. The molecule has 0 bridgehead atoms. The number of hydrogen-bond acceptors (Lipinski definition) is 5. The molecule has 1 aromatic carbocycles. The van der Waals surface area contributed by atoms with Crippen molar-refractivity contribution in [3.63, 3.8) is 0 Å². The van der Waals surface area contributed by atoms with Gasteiger partial charge in [-0.15, -0.1) is 11.3 Å². The number of hydrogen-bond donors (Lipinski definition) is 1. The molecule has 128 valence electrons. The molecule has 0 spiro atoms. The molecule has 0 saturated heterocycles. The van der Waals surface area contributed by atoms with Gasteiger partial charge in [-0.3, -0.25) is 4.79 Å². The normalized spacial score (nSPS) is 14.6. The zero-order chi connectivity index (χ0) is 17.4. The third-order valence-electron chi connectivity index (χ3n) is 4.12. The molecule has 1 amide bonds. The lowest BCUT2D eigenvalue weighted by molar-refractivity contribution is 0.0958. The summed E-state index contributed by atoms with van der Waals surface area (Å²) in [6.07, 6.45) is 0.789. The summed E-state index contributed by atoms with van der Waals surface area (Å²) >= 11 is 3.00. The molecular weight excluding hydrogens is 374 g/mol. The molecule has 0 aliphatic carbocycles. The Morgan fingerprint density at radius 2 is 2.04 bits per heavy atom. The minimum atomic E-state index is -3.34. The van der Waals surface area contributed by atoms with Crippen molar-refractivity contribution in [2.24, 2.45) is 0 Å². The molecule has 0 atom stereocenters. The van der Waals surface area contributed by atoms with Gasteiger partial charge in [0.25, 0.3) is 5.91 Å². The fourth-order valence-corrected chi connectivity index (χ4v) is 6.50. The standard InChI is InChI=1S/C18H15NO3S3/c20-18(19-7-5-12-6-8-23-10-12)15-9-13-11-25(21,22)16-4-2-1-3-14(16)17(13)24-15/h1-4,6,8-10H,5,7,11H2,(H,19,20). The van der Waals surface area contributed by atoms with Crippen LogP contribution in [-0.4, -0.2) is 20.9 Å². The van der Waals surface area contributed by atoms with Crippen molar-refractivity contribution in [3.8, 4) is 10.4 Å². The number of sulfone groups is 1. The van der Waals surface area contributed by atoms with Crippen LogP contribution in [0.25, 0.3) is 10.4 Å². The fraction of sp³-hybridized carbons (Fsp3) is 0.167. The second-order valence-corrected chi connectivity index (χ2v) is 9.65. The lowest BCUT2D eigenvalue weighted by Gasteiger charge is -2.15. The molecule has 7 heteroatoms. The molecule has 0 saturated carbocycles. The van der Waals surface area contributed by atoms with Crippen LogP contribution in [0.2, 0.25) is 0 Å². The summed E-state index contributed by atoms with van der Waals surface area (Å²) in [6, 6.07) is 10.8. The fourth-order valence-electron chi connectivity index (χ4n) is 2.93. The molecule has 1 aliphatic heterocycles. The number of carbonyl (C=O) groups excluding carboxylic acids is 1. The van der Waals surface area contributed by atoms with E-state index in [-0.39, 0.29) is 11.7 Å². The minimum Gasteiger partial charge on any atom is -0.351 e. The van der Waals surface area contributed by atoms with E-state index < -0.39 is 9.84 Å². The van der Waals surface area contributed by atoms with Gasteiger partial charge >= 0.3 is 0 Å². The Bertz CT molecular complexity index is 1030. The van der Waals surface area contributed by atoms with Crippen molar-refractivity contribution < 1.29 is 13.2 Å². The van der Waals surface area contributed by atoms with Crippen LogP contribution < -0.4 is 5.32 Å². The van der Waals surface area contributed by atoms with Crippen LogP contribution in [-0.2, 0) is 22.0 Å². The molecule has 0 fully saturated rings. The third-order valence-corrected chi connectivity index (χ3v) is 7.78. The highest BCUT2D eigenvalue weighted by molar-refractivity contribution is 7.91. The van der Waals surface area contributed by atoms with E-state index in [1.807, 2.05) is 17.5 Å². The Labute approximate surface area is 154 Å². The summed E-state index contributed by atoms with van der Waals surface area (Å²) in [5.74, 6) is -0.192. The van der Waals surface area contributed by atoms with Gasteiger partial charge in [-0.05, 0) is 46.5 Å². The first-order valence-electron chi connectivity index (χ1n) is 7.79. The highest BCUT2D eigenvalue weighted by Gasteiger charge is 2.30.